The van der Waals surface area contributed by atoms with Crippen molar-refractivity contribution in [1.82, 2.24) is 0 Å². The predicted octanol–water partition coefficient (Wildman–Crippen LogP) is 5.13. The largest absolute Gasteiger partial charge is 0.497 e. The van der Waals surface area contributed by atoms with Crippen molar-refractivity contribution in [2.75, 3.05) is 7.11 Å². The number of ether oxygens (including phenoxy) is 1. The lowest BCUT2D eigenvalue weighted by atomic mass is 9.92. The molecular formula is C19H18O. The van der Waals surface area contributed by atoms with Crippen molar-refractivity contribution in [2.24, 2.45) is 0 Å². The highest BCUT2D eigenvalue weighted by atomic mass is 16.5. The van der Waals surface area contributed by atoms with Crippen molar-refractivity contribution in [3.8, 4) is 16.9 Å². The number of rotatable bonds is 2. The van der Waals surface area contributed by atoms with Gasteiger partial charge >= 0.3 is 0 Å². The molecule has 20 heavy (non-hydrogen) atoms. The van der Waals surface area contributed by atoms with Crippen LogP contribution in [0.25, 0.3) is 21.9 Å². The quantitative estimate of drug-likeness (QED) is 0.622. The maximum absolute atomic E-state index is 5.32. The van der Waals surface area contributed by atoms with E-state index in [4.69, 9.17) is 4.74 Å². The van der Waals surface area contributed by atoms with Gasteiger partial charge in [0, 0.05) is 0 Å². The second kappa shape index (κ2) is 5.01. The molecule has 0 aliphatic heterocycles. The molecule has 0 radical (unpaired) electrons. The summed E-state index contributed by atoms with van der Waals surface area (Å²) < 4.78 is 5.32. The van der Waals surface area contributed by atoms with Crippen LogP contribution in [-0.4, -0.2) is 7.11 Å². The third kappa shape index (κ3) is 2.05. The van der Waals surface area contributed by atoms with Crippen LogP contribution < -0.4 is 4.74 Å². The summed E-state index contributed by atoms with van der Waals surface area (Å²) in [4.78, 5) is 0. The predicted molar refractivity (Wildman–Crippen MR) is 85.4 cm³/mol. The molecule has 0 saturated carbocycles. The Morgan fingerprint density at radius 3 is 2.20 bits per heavy atom. The van der Waals surface area contributed by atoms with Crippen LogP contribution in [0, 0.1) is 13.8 Å². The van der Waals surface area contributed by atoms with Crippen LogP contribution in [0.4, 0.5) is 0 Å². The maximum atomic E-state index is 5.32. The summed E-state index contributed by atoms with van der Waals surface area (Å²) in [7, 11) is 1.70. The van der Waals surface area contributed by atoms with E-state index in [-0.39, 0.29) is 0 Å². The standard InChI is InChI=1S/C19H18O/c1-13-6-4-7-14(2)19(13)18-9-5-8-15-12-16(20-3)10-11-17(15)18/h4-12H,1-3H3. The van der Waals surface area contributed by atoms with E-state index in [2.05, 4.69) is 62.4 Å². The Bertz CT molecular complexity index is 752. The average molecular weight is 262 g/mol. The Morgan fingerprint density at radius 2 is 1.50 bits per heavy atom. The second-order valence-corrected chi connectivity index (χ2v) is 5.16. The average Bonchev–Trinajstić information content (AvgIpc) is 2.46. The summed E-state index contributed by atoms with van der Waals surface area (Å²) in [5, 5.41) is 2.48. The molecular weight excluding hydrogens is 244 g/mol. The van der Waals surface area contributed by atoms with E-state index in [1.807, 2.05) is 6.07 Å². The number of fused-ring (bicyclic) bond motifs is 1. The van der Waals surface area contributed by atoms with Gasteiger partial charge in [0.1, 0.15) is 5.75 Å². The third-order valence-corrected chi connectivity index (χ3v) is 3.84. The minimum Gasteiger partial charge on any atom is -0.497 e. The topological polar surface area (TPSA) is 9.23 Å². The Balaban J connectivity index is 2.32. The molecule has 1 heteroatoms. The Labute approximate surface area is 119 Å². The smallest absolute Gasteiger partial charge is 0.119 e. The lowest BCUT2D eigenvalue weighted by Gasteiger charge is -2.13. The number of methoxy groups -OCH3 is 1. The van der Waals surface area contributed by atoms with E-state index in [0.29, 0.717) is 0 Å². The molecule has 0 aliphatic rings. The Kier molecular flexibility index (Phi) is 3.19. The summed E-state index contributed by atoms with van der Waals surface area (Å²) in [5.74, 6) is 0.899. The van der Waals surface area contributed by atoms with Gasteiger partial charge in [-0.1, -0.05) is 42.5 Å². The third-order valence-electron chi connectivity index (χ3n) is 3.84. The monoisotopic (exact) mass is 262 g/mol. The van der Waals surface area contributed by atoms with Crippen molar-refractivity contribution >= 4 is 10.8 Å². The van der Waals surface area contributed by atoms with Crippen LogP contribution in [0.5, 0.6) is 5.75 Å². The highest BCUT2D eigenvalue weighted by molar-refractivity contribution is 5.98. The van der Waals surface area contributed by atoms with Gasteiger partial charge in [-0.2, -0.15) is 0 Å². The number of aryl methyl sites for hydroxylation is 2. The molecule has 100 valence electrons. The van der Waals surface area contributed by atoms with Crippen molar-refractivity contribution in [2.45, 2.75) is 13.8 Å². The molecule has 0 amide bonds. The highest BCUT2D eigenvalue weighted by Gasteiger charge is 2.09. The molecule has 3 aromatic carbocycles. The van der Waals surface area contributed by atoms with Gasteiger partial charge in [0.2, 0.25) is 0 Å². The molecule has 0 N–H and O–H groups in total. The number of hydrogen-bond acceptors (Lipinski definition) is 1. The van der Waals surface area contributed by atoms with E-state index in [9.17, 15) is 0 Å². The van der Waals surface area contributed by atoms with Crippen LogP contribution in [0.1, 0.15) is 11.1 Å². The molecule has 0 heterocycles. The zero-order valence-corrected chi connectivity index (χ0v) is 12.1. The molecule has 0 bridgehead atoms. The zero-order chi connectivity index (χ0) is 14.1. The molecule has 0 spiro atoms. The zero-order valence-electron chi connectivity index (χ0n) is 12.1. The lowest BCUT2D eigenvalue weighted by Crippen LogP contribution is -1.90. The van der Waals surface area contributed by atoms with Crippen molar-refractivity contribution < 1.29 is 4.74 Å². The van der Waals surface area contributed by atoms with Crippen LogP contribution in [-0.2, 0) is 0 Å². The molecule has 0 aromatic heterocycles. The van der Waals surface area contributed by atoms with Gasteiger partial charge in [-0.15, -0.1) is 0 Å². The second-order valence-electron chi connectivity index (χ2n) is 5.16. The first-order chi connectivity index (χ1) is 9.70. The molecule has 0 unspecified atom stereocenters. The first-order valence-corrected chi connectivity index (χ1v) is 6.84. The Morgan fingerprint density at radius 1 is 0.800 bits per heavy atom. The fourth-order valence-corrected chi connectivity index (χ4v) is 2.85. The van der Waals surface area contributed by atoms with E-state index in [1.54, 1.807) is 7.11 Å². The molecule has 0 fully saturated rings. The first kappa shape index (κ1) is 12.7. The summed E-state index contributed by atoms with van der Waals surface area (Å²) >= 11 is 0. The summed E-state index contributed by atoms with van der Waals surface area (Å²) in [6, 6.07) is 19.2. The van der Waals surface area contributed by atoms with E-state index < -0.39 is 0 Å². The normalized spacial score (nSPS) is 10.8. The van der Waals surface area contributed by atoms with Crippen LogP contribution in [0.2, 0.25) is 0 Å². The van der Waals surface area contributed by atoms with Gasteiger partial charge in [0.15, 0.2) is 0 Å². The molecule has 0 atom stereocenters. The van der Waals surface area contributed by atoms with Crippen LogP contribution in [0.3, 0.4) is 0 Å². The highest BCUT2D eigenvalue weighted by Crippen LogP contribution is 2.34. The van der Waals surface area contributed by atoms with E-state index >= 15 is 0 Å². The fraction of sp³-hybridized carbons (Fsp3) is 0.158. The van der Waals surface area contributed by atoms with Gasteiger partial charge in [-0.25, -0.2) is 0 Å². The molecule has 3 aromatic rings. The van der Waals surface area contributed by atoms with Crippen molar-refractivity contribution in [1.29, 1.82) is 0 Å². The maximum Gasteiger partial charge on any atom is 0.119 e. The van der Waals surface area contributed by atoms with Crippen molar-refractivity contribution in [3.63, 3.8) is 0 Å². The number of benzene rings is 3. The molecule has 0 aliphatic carbocycles. The minimum absolute atomic E-state index is 0.899. The molecule has 3 rings (SSSR count). The number of hydrogen-bond donors (Lipinski definition) is 0. The van der Waals surface area contributed by atoms with Gasteiger partial charge in [-0.3, -0.25) is 0 Å². The lowest BCUT2D eigenvalue weighted by molar-refractivity contribution is 0.415. The van der Waals surface area contributed by atoms with Crippen LogP contribution >= 0.6 is 0 Å². The fourth-order valence-electron chi connectivity index (χ4n) is 2.85. The van der Waals surface area contributed by atoms with Crippen LogP contribution in [0.15, 0.2) is 54.6 Å². The van der Waals surface area contributed by atoms with Gasteiger partial charge in [0.25, 0.3) is 0 Å². The molecule has 0 saturated heterocycles. The summed E-state index contributed by atoms with van der Waals surface area (Å²) in [6.45, 7) is 4.34. The Hall–Kier alpha value is -2.28. The SMILES string of the molecule is COc1ccc2c(-c3c(C)cccc3C)cccc2c1. The minimum atomic E-state index is 0.899. The first-order valence-electron chi connectivity index (χ1n) is 6.84. The summed E-state index contributed by atoms with van der Waals surface area (Å²) in [6.07, 6.45) is 0. The van der Waals surface area contributed by atoms with Gasteiger partial charge in [-0.05, 0) is 59.0 Å². The van der Waals surface area contributed by atoms with E-state index in [1.165, 1.54) is 33.0 Å². The van der Waals surface area contributed by atoms with Crippen molar-refractivity contribution in [3.05, 3.63) is 65.7 Å². The molecule has 1 nitrogen and oxygen atoms in total. The van der Waals surface area contributed by atoms with Gasteiger partial charge < -0.3 is 4.74 Å². The summed E-state index contributed by atoms with van der Waals surface area (Å²) in [5.41, 5.74) is 5.26. The van der Waals surface area contributed by atoms with Gasteiger partial charge in [0.05, 0.1) is 7.11 Å². The van der Waals surface area contributed by atoms with E-state index in [0.717, 1.165) is 5.75 Å².